The molecule has 42 heavy (non-hydrogen) atoms. The van der Waals surface area contributed by atoms with E-state index in [0.29, 0.717) is 18.4 Å². The molecule has 0 radical (unpaired) electrons. The van der Waals surface area contributed by atoms with Gasteiger partial charge in [-0.2, -0.15) is 0 Å². The molecule has 12 heteroatoms. The van der Waals surface area contributed by atoms with Crippen molar-refractivity contribution < 1.29 is 59.1 Å². The van der Waals surface area contributed by atoms with Crippen molar-refractivity contribution in [1.82, 2.24) is 0 Å². The number of methoxy groups -OCH3 is 2. The van der Waals surface area contributed by atoms with E-state index in [1.165, 1.54) is 32.4 Å². The number of ether oxygens (including phenoxy) is 5. The van der Waals surface area contributed by atoms with E-state index in [0.717, 1.165) is 6.08 Å². The molecule has 12 nitrogen and oxygen atoms in total. The van der Waals surface area contributed by atoms with E-state index in [1.54, 1.807) is 19.1 Å². The summed E-state index contributed by atoms with van der Waals surface area (Å²) in [5.74, 6) is -0.944. The van der Waals surface area contributed by atoms with Crippen molar-refractivity contribution >= 4 is 12.0 Å². The molecule has 2 aliphatic rings. The summed E-state index contributed by atoms with van der Waals surface area (Å²) in [5.41, 5.74) is -1.41. The summed E-state index contributed by atoms with van der Waals surface area (Å²) in [6.45, 7) is 6.78. The van der Waals surface area contributed by atoms with Gasteiger partial charge in [0, 0.05) is 6.08 Å². The van der Waals surface area contributed by atoms with Crippen molar-refractivity contribution in [2.24, 2.45) is 11.3 Å². The van der Waals surface area contributed by atoms with Crippen LogP contribution in [0.5, 0.6) is 17.2 Å². The first-order valence-electron chi connectivity index (χ1n) is 13.9. The average Bonchev–Trinajstić information content (AvgIpc) is 2.93. The maximum absolute atomic E-state index is 12.4. The van der Waals surface area contributed by atoms with Crippen molar-refractivity contribution in [2.75, 3.05) is 20.8 Å². The van der Waals surface area contributed by atoms with E-state index in [9.17, 15) is 35.4 Å². The number of esters is 1. The Bertz CT molecular complexity index is 1110. The zero-order valence-corrected chi connectivity index (χ0v) is 24.8. The zero-order valence-electron chi connectivity index (χ0n) is 24.8. The topological polar surface area (TPSA) is 185 Å². The van der Waals surface area contributed by atoms with E-state index in [4.69, 9.17) is 23.7 Å². The first-order chi connectivity index (χ1) is 19.6. The molecule has 2 fully saturated rings. The molecule has 1 saturated carbocycles. The second-order valence-electron chi connectivity index (χ2n) is 11.7. The fourth-order valence-corrected chi connectivity index (χ4v) is 5.58. The summed E-state index contributed by atoms with van der Waals surface area (Å²) >= 11 is 0. The second kappa shape index (κ2) is 13.7. The van der Waals surface area contributed by atoms with E-state index < -0.39 is 66.5 Å². The summed E-state index contributed by atoms with van der Waals surface area (Å²) < 4.78 is 27.2. The van der Waals surface area contributed by atoms with Crippen LogP contribution in [0.2, 0.25) is 0 Å². The smallest absolute Gasteiger partial charge is 0.330 e. The van der Waals surface area contributed by atoms with E-state index in [1.807, 2.05) is 20.8 Å². The molecule has 1 aromatic rings. The van der Waals surface area contributed by atoms with Gasteiger partial charge in [0.15, 0.2) is 17.8 Å². The number of carbonyl (C=O) groups excluding carboxylic acids is 1. The maximum Gasteiger partial charge on any atom is 0.330 e. The minimum absolute atomic E-state index is 0.149. The Hall–Kier alpha value is -2.71. The SMILES string of the molecule is COc1cc(/C=C/C(=O)OC[C@H]2O[C@@H](O[C@H]3C[C@@H](C)[C@](O)(/C=C/[C@@H](C)O)C(C)(C)C3)[C@H](O)[C@@H](O)[C@@H]2O)cc(OC)c1O. The van der Waals surface area contributed by atoms with Gasteiger partial charge < -0.3 is 54.3 Å². The normalized spacial score (nSPS) is 33.9. The molecule has 1 heterocycles. The van der Waals surface area contributed by atoms with Crippen LogP contribution in [0.1, 0.15) is 46.1 Å². The molecule has 0 aromatic heterocycles. The predicted octanol–water partition coefficient (Wildman–Crippen LogP) is 1.28. The summed E-state index contributed by atoms with van der Waals surface area (Å²) in [5, 5.41) is 62.7. The average molecular weight is 597 g/mol. The van der Waals surface area contributed by atoms with Crippen LogP contribution in [-0.2, 0) is 19.0 Å². The summed E-state index contributed by atoms with van der Waals surface area (Å²) in [4.78, 5) is 12.4. The highest BCUT2D eigenvalue weighted by Gasteiger charge is 2.53. The van der Waals surface area contributed by atoms with Crippen LogP contribution in [-0.4, -0.2) is 106 Å². The number of phenolic OH excluding ortho intramolecular Hbond substituents is 1. The predicted molar refractivity (Wildman–Crippen MR) is 151 cm³/mol. The largest absolute Gasteiger partial charge is 0.502 e. The van der Waals surface area contributed by atoms with Gasteiger partial charge in [0.1, 0.15) is 31.0 Å². The third-order valence-corrected chi connectivity index (χ3v) is 8.12. The highest BCUT2D eigenvalue weighted by molar-refractivity contribution is 5.87. The fraction of sp³-hybridized carbons (Fsp3) is 0.633. The number of hydrogen-bond donors (Lipinski definition) is 6. The van der Waals surface area contributed by atoms with Gasteiger partial charge in [-0.25, -0.2) is 4.79 Å². The highest BCUT2D eigenvalue weighted by atomic mass is 16.7. The van der Waals surface area contributed by atoms with Gasteiger partial charge in [0.2, 0.25) is 5.75 Å². The van der Waals surface area contributed by atoms with Gasteiger partial charge in [-0.3, -0.25) is 0 Å². The first-order valence-corrected chi connectivity index (χ1v) is 13.9. The number of rotatable bonds is 10. The molecule has 0 bridgehead atoms. The van der Waals surface area contributed by atoms with Gasteiger partial charge in [-0.15, -0.1) is 0 Å². The lowest BCUT2D eigenvalue weighted by molar-refractivity contribution is -0.319. The molecule has 0 amide bonds. The summed E-state index contributed by atoms with van der Waals surface area (Å²) in [6, 6.07) is 2.99. The van der Waals surface area contributed by atoms with Gasteiger partial charge in [-0.1, -0.05) is 32.9 Å². The fourth-order valence-electron chi connectivity index (χ4n) is 5.58. The minimum atomic E-state index is -1.63. The number of aromatic hydroxyl groups is 1. The Balaban J connectivity index is 1.64. The molecule has 1 aliphatic heterocycles. The molecular formula is C30H44O12. The molecule has 9 atom stereocenters. The van der Waals surface area contributed by atoms with Crippen molar-refractivity contribution in [1.29, 1.82) is 0 Å². The van der Waals surface area contributed by atoms with E-state index in [2.05, 4.69) is 0 Å². The van der Waals surface area contributed by atoms with Gasteiger partial charge in [-0.05, 0) is 54.9 Å². The van der Waals surface area contributed by atoms with Gasteiger partial charge >= 0.3 is 5.97 Å². The standard InChI is InChI=1S/C30H44O12/c1-16-11-19(14-29(3,4)30(16,37)10-9-17(2)31)41-28-27(36)26(35)25(34)22(42-28)15-40-23(32)8-7-18-12-20(38-5)24(33)21(13-18)39-6/h7-10,12-13,16-17,19,22,25-28,31,33-37H,11,14-15H2,1-6H3/b8-7+,10-9+/t16-,17-,19+,22-,25-,26+,27-,28-,30-/m1/s1. The number of benzene rings is 1. The molecule has 1 aliphatic carbocycles. The number of phenols is 1. The van der Waals surface area contributed by atoms with Crippen LogP contribution in [0.15, 0.2) is 30.4 Å². The molecule has 0 spiro atoms. The molecule has 236 valence electrons. The van der Waals surface area contributed by atoms with Crippen molar-refractivity contribution in [3.63, 3.8) is 0 Å². The maximum atomic E-state index is 12.4. The first kappa shape index (κ1) is 33.8. The summed E-state index contributed by atoms with van der Waals surface area (Å²) in [7, 11) is 2.75. The Morgan fingerprint density at radius 2 is 1.74 bits per heavy atom. The van der Waals surface area contributed by atoms with Gasteiger partial charge in [0.25, 0.3) is 0 Å². The molecule has 1 aromatic carbocycles. The number of aliphatic hydroxyl groups is 5. The van der Waals surface area contributed by atoms with Crippen LogP contribution < -0.4 is 9.47 Å². The van der Waals surface area contributed by atoms with Gasteiger partial charge in [0.05, 0.1) is 32.0 Å². The number of aliphatic hydroxyl groups excluding tert-OH is 4. The third kappa shape index (κ3) is 7.43. The van der Waals surface area contributed by atoms with Crippen molar-refractivity contribution in [3.05, 3.63) is 35.9 Å². The van der Waals surface area contributed by atoms with E-state index in [-0.39, 0.29) is 23.2 Å². The zero-order chi connectivity index (χ0) is 31.4. The minimum Gasteiger partial charge on any atom is -0.502 e. The molecule has 3 rings (SSSR count). The Morgan fingerprint density at radius 1 is 1.12 bits per heavy atom. The molecular weight excluding hydrogens is 552 g/mol. The van der Waals surface area contributed by atoms with Crippen LogP contribution in [0, 0.1) is 11.3 Å². The lowest BCUT2D eigenvalue weighted by Crippen LogP contribution is -2.61. The van der Waals surface area contributed by atoms with Crippen molar-refractivity contribution in [3.8, 4) is 17.2 Å². The number of carbonyl (C=O) groups is 1. The second-order valence-corrected chi connectivity index (χ2v) is 11.7. The lowest BCUT2D eigenvalue weighted by Gasteiger charge is -2.52. The monoisotopic (exact) mass is 596 g/mol. The molecule has 1 saturated heterocycles. The van der Waals surface area contributed by atoms with Crippen LogP contribution in [0.3, 0.4) is 0 Å². The van der Waals surface area contributed by atoms with Crippen LogP contribution >= 0.6 is 0 Å². The Labute approximate surface area is 245 Å². The summed E-state index contributed by atoms with van der Waals surface area (Å²) in [6.07, 6.45) is -1.98. The molecule has 6 N–H and O–H groups in total. The van der Waals surface area contributed by atoms with Crippen LogP contribution in [0.4, 0.5) is 0 Å². The third-order valence-electron chi connectivity index (χ3n) is 8.12. The Kier molecular flexibility index (Phi) is 11.0. The van der Waals surface area contributed by atoms with Crippen LogP contribution in [0.25, 0.3) is 6.08 Å². The highest BCUT2D eigenvalue weighted by Crippen LogP contribution is 2.49. The molecule has 0 unspecified atom stereocenters. The quantitative estimate of drug-likeness (QED) is 0.129. The Morgan fingerprint density at radius 3 is 2.29 bits per heavy atom. The van der Waals surface area contributed by atoms with Crippen molar-refractivity contribution in [2.45, 2.75) is 89.1 Å². The lowest BCUT2D eigenvalue weighted by atomic mass is 9.59. The number of hydrogen-bond acceptors (Lipinski definition) is 12. The van der Waals surface area contributed by atoms with E-state index >= 15 is 0 Å².